The van der Waals surface area contributed by atoms with Crippen molar-refractivity contribution in [2.24, 2.45) is 0 Å². The Morgan fingerprint density at radius 3 is 2.53 bits per heavy atom. The lowest BCUT2D eigenvalue weighted by molar-refractivity contribution is 0.112. The van der Waals surface area contributed by atoms with Gasteiger partial charge in [0.25, 0.3) is 0 Å². The standard InChI is InChI=1S/C13H12N2O2/c1-9-14-6-11(7-15-9)12-5-3-4-10(8-16)13(12)17-2/h3-8H,1-2H3. The van der Waals surface area contributed by atoms with E-state index in [0.29, 0.717) is 17.1 Å². The summed E-state index contributed by atoms with van der Waals surface area (Å²) in [5, 5.41) is 0. The molecule has 1 heterocycles. The van der Waals surface area contributed by atoms with Crippen molar-refractivity contribution in [3.8, 4) is 16.9 Å². The first kappa shape index (κ1) is 11.3. The predicted molar refractivity (Wildman–Crippen MR) is 64.1 cm³/mol. The van der Waals surface area contributed by atoms with Gasteiger partial charge >= 0.3 is 0 Å². The van der Waals surface area contributed by atoms with Gasteiger partial charge in [-0.15, -0.1) is 0 Å². The van der Waals surface area contributed by atoms with Crippen molar-refractivity contribution in [1.82, 2.24) is 9.97 Å². The molecule has 2 rings (SSSR count). The number of nitrogens with zero attached hydrogens (tertiary/aromatic N) is 2. The Kier molecular flexibility index (Phi) is 3.14. The number of carbonyl (C=O) groups is 1. The molecular formula is C13H12N2O2. The van der Waals surface area contributed by atoms with Crippen molar-refractivity contribution >= 4 is 6.29 Å². The first-order valence-corrected chi connectivity index (χ1v) is 5.17. The Bertz CT molecular complexity index is 536. The van der Waals surface area contributed by atoms with Crippen molar-refractivity contribution in [3.63, 3.8) is 0 Å². The minimum atomic E-state index is 0.519. The monoisotopic (exact) mass is 228 g/mol. The quantitative estimate of drug-likeness (QED) is 0.756. The third-order valence-electron chi connectivity index (χ3n) is 2.47. The van der Waals surface area contributed by atoms with E-state index < -0.39 is 0 Å². The molecule has 0 unspecified atom stereocenters. The van der Waals surface area contributed by atoms with Crippen LogP contribution in [0.1, 0.15) is 16.2 Å². The number of carbonyl (C=O) groups excluding carboxylic acids is 1. The number of aryl methyl sites for hydroxylation is 1. The second-order valence-electron chi connectivity index (χ2n) is 3.56. The van der Waals surface area contributed by atoms with Gasteiger partial charge in [-0.25, -0.2) is 9.97 Å². The summed E-state index contributed by atoms with van der Waals surface area (Å²) in [4.78, 5) is 19.2. The van der Waals surface area contributed by atoms with Gasteiger partial charge < -0.3 is 4.74 Å². The third kappa shape index (κ3) is 2.15. The van der Waals surface area contributed by atoms with Crippen molar-refractivity contribution in [3.05, 3.63) is 42.0 Å². The maximum Gasteiger partial charge on any atom is 0.153 e. The molecule has 4 nitrogen and oxygen atoms in total. The lowest BCUT2D eigenvalue weighted by atomic mass is 10.0. The lowest BCUT2D eigenvalue weighted by Crippen LogP contribution is -1.95. The first-order chi connectivity index (χ1) is 8.26. The number of methoxy groups -OCH3 is 1. The Labute approximate surface area is 99.3 Å². The molecule has 17 heavy (non-hydrogen) atoms. The summed E-state index contributed by atoms with van der Waals surface area (Å²) in [6.07, 6.45) is 4.21. The van der Waals surface area contributed by atoms with Crippen LogP contribution in [-0.4, -0.2) is 23.4 Å². The average molecular weight is 228 g/mol. The number of aldehydes is 1. The largest absolute Gasteiger partial charge is 0.495 e. The van der Waals surface area contributed by atoms with Gasteiger partial charge in [-0.05, 0) is 13.0 Å². The van der Waals surface area contributed by atoms with Crippen LogP contribution >= 0.6 is 0 Å². The van der Waals surface area contributed by atoms with Gasteiger partial charge in [0.15, 0.2) is 6.29 Å². The molecule has 0 aliphatic rings. The topological polar surface area (TPSA) is 52.1 Å². The highest BCUT2D eigenvalue weighted by Crippen LogP contribution is 2.31. The van der Waals surface area contributed by atoms with Crippen LogP contribution in [-0.2, 0) is 0 Å². The van der Waals surface area contributed by atoms with Gasteiger partial charge in [0.1, 0.15) is 11.6 Å². The minimum Gasteiger partial charge on any atom is -0.495 e. The normalized spacial score (nSPS) is 10.0. The van der Waals surface area contributed by atoms with Crippen LogP contribution in [0.2, 0.25) is 0 Å². The van der Waals surface area contributed by atoms with Crippen LogP contribution in [0.25, 0.3) is 11.1 Å². The molecule has 0 saturated heterocycles. The fourth-order valence-corrected chi connectivity index (χ4v) is 1.63. The molecule has 0 radical (unpaired) electrons. The van der Waals surface area contributed by atoms with Gasteiger partial charge in [-0.3, -0.25) is 4.79 Å². The highest BCUT2D eigenvalue weighted by Gasteiger charge is 2.10. The van der Waals surface area contributed by atoms with Crippen molar-refractivity contribution in [1.29, 1.82) is 0 Å². The molecule has 1 aromatic carbocycles. The molecule has 2 aromatic rings. The zero-order valence-corrected chi connectivity index (χ0v) is 9.68. The molecular weight excluding hydrogens is 216 g/mol. The SMILES string of the molecule is COc1c(C=O)cccc1-c1cnc(C)nc1. The van der Waals surface area contributed by atoms with E-state index in [4.69, 9.17) is 4.74 Å². The number of rotatable bonds is 3. The fourth-order valence-electron chi connectivity index (χ4n) is 1.63. The summed E-state index contributed by atoms with van der Waals surface area (Å²) >= 11 is 0. The molecule has 0 amide bonds. The van der Waals surface area contributed by atoms with Crippen LogP contribution in [0.3, 0.4) is 0 Å². The van der Waals surface area contributed by atoms with E-state index in [0.717, 1.165) is 17.4 Å². The molecule has 4 heteroatoms. The van der Waals surface area contributed by atoms with E-state index in [1.165, 1.54) is 0 Å². The van der Waals surface area contributed by atoms with Crippen LogP contribution < -0.4 is 4.74 Å². The molecule has 0 bridgehead atoms. The van der Waals surface area contributed by atoms with Gasteiger partial charge in [0, 0.05) is 23.5 Å². The molecule has 0 saturated carbocycles. The highest BCUT2D eigenvalue weighted by atomic mass is 16.5. The van der Waals surface area contributed by atoms with E-state index in [1.807, 2.05) is 13.0 Å². The fraction of sp³-hybridized carbons (Fsp3) is 0.154. The molecule has 86 valence electrons. The van der Waals surface area contributed by atoms with Crippen LogP contribution in [0.4, 0.5) is 0 Å². The maximum absolute atomic E-state index is 10.9. The van der Waals surface area contributed by atoms with Gasteiger partial charge in [-0.2, -0.15) is 0 Å². The summed E-state index contributed by atoms with van der Waals surface area (Å²) in [5.74, 6) is 1.26. The minimum absolute atomic E-state index is 0.519. The molecule has 0 N–H and O–H groups in total. The predicted octanol–water partition coefficient (Wildman–Crippen LogP) is 2.27. The van der Waals surface area contributed by atoms with Crippen LogP contribution in [0.15, 0.2) is 30.6 Å². The second-order valence-corrected chi connectivity index (χ2v) is 3.56. The second kappa shape index (κ2) is 4.74. The smallest absolute Gasteiger partial charge is 0.153 e. The Balaban J connectivity index is 2.58. The molecule has 0 atom stereocenters. The Hall–Kier alpha value is -2.23. The van der Waals surface area contributed by atoms with E-state index >= 15 is 0 Å². The number of hydrogen-bond acceptors (Lipinski definition) is 4. The summed E-state index contributed by atoms with van der Waals surface area (Å²) in [7, 11) is 1.54. The Morgan fingerprint density at radius 2 is 1.94 bits per heavy atom. The van der Waals surface area contributed by atoms with Crippen LogP contribution in [0.5, 0.6) is 5.75 Å². The van der Waals surface area contributed by atoms with Crippen molar-refractivity contribution < 1.29 is 9.53 Å². The van der Waals surface area contributed by atoms with E-state index in [-0.39, 0.29) is 0 Å². The highest BCUT2D eigenvalue weighted by molar-refractivity contribution is 5.85. The molecule has 0 aliphatic heterocycles. The Morgan fingerprint density at radius 1 is 1.24 bits per heavy atom. The summed E-state index contributed by atoms with van der Waals surface area (Å²) < 4.78 is 5.27. The number of benzene rings is 1. The molecule has 1 aromatic heterocycles. The third-order valence-corrected chi connectivity index (χ3v) is 2.47. The number of aromatic nitrogens is 2. The van der Waals surface area contributed by atoms with E-state index in [9.17, 15) is 4.79 Å². The summed E-state index contributed by atoms with van der Waals surface area (Å²) in [6, 6.07) is 5.39. The molecule has 0 fully saturated rings. The number of hydrogen-bond donors (Lipinski definition) is 0. The zero-order valence-electron chi connectivity index (χ0n) is 9.68. The van der Waals surface area contributed by atoms with Crippen molar-refractivity contribution in [2.75, 3.05) is 7.11 Å². The van der Waals surface area contributed by atoms with Gasteiger partial charge in [0.2, 0.25) is 0 Å². The number of ether oxygens (including phenoxy) is 1. The summed E-state index contributed by atoms with van der Waals surface area (Å²) in [5.41, 5.74) is 2.17. The number of para-hydroxylation sites is 1. The van der Waals surface area contributed by atoms with Crippen molar-refractivity contribution in [2.45, 2.75) is 6.92 Å². The van der Waals surface area contributed by atoms with E-state index in [2.05, 4.69) is 9.97 Å². The summed E-state index contributed by atoms with van der Waals surface area (Å²) in [6.45, 7) is 1.82. The maximum atomic E-state index is 10.9. The first-order valence-electron chi connectivity index (χ1n) is 5.17. The average Bonchev–Trinajstić information content (AvgIpc) is 2.38. The van der Waals surface area contributed by atoms with E-state index in [1.54, 1.807) is 31.6 Å². The molecule has 0 spiro atoms. The van der Waals surface area contributed by atoms with Gasteiger partial charge in [0.05, 0.1) is 12.7 Å². The molecule has 0 aliphatic carbocycles. The lowest BCUT2D eigenvalue weighted by Gasteiger charge is -2.10. The van der Waals surface area contributed by atoms with Crippen LogP contribution in [0, 0.1) is 6.92 Å². The van der Waals surface area contributed by atoms with Gasteiger partial charge in [-0.1, -0.05) is 12.1 Å². The zero-order chi connectivity index (χ0) is 12.3.